The van der Waals surface area contributed by atoms with Crippen molar-refractivity contribution >= 4 is 29.3 Å². The van der Waals surface area contributed by atoms with Gasteiger partial charge in [-0.15, -0.1) is 11.8 Å². The van der Waals surface area contributed by atoms with Crippen molar-refractivity contribution in [1.82, 2.24) is 10.2 Å². The molecule has 0 fully saturated rings. The van der Waals surface area contributed by atoms with E-state index in [2.05, 4.69) is 5.32 Å². The molecule has 1 rings (SSSR count). The Balaban J connectivity index is 2.52. The molecule has 23 heavy (non-hydrogen) atoms. The Morgan fingerprint density at radius 2 is 1.91 bits per heavy atom. The standard InChI is InChI=1S/C15H21N3O4S/c1-4-17(9-14(19)16-11(2)3)15(20)10-23-13-7-5-12(6-8-13)18(21)22/h5-8,11H,4,9-10H2,1-3H3,(H,16,19). The lowest BCUT2D eigenvalue weighted by molar-refractivity contribution is -0.384. The number of likely N-dealkylation sites (N-methyl/N-ethyl adjacent to an activating group) is 1. The summed E-state index contributed by atoms with van der Waals surface area (Å²) in [6, 6.07) is 6.06. The third-order valence-electron chi connectivity index (χ3n) is 2.93. The molecular weight excluding hydrogens is 318 g/mol. The zero-order valence-electron chi connectivity index (χ0n) is 13.4. The first-order valence-electron chi connectivity index (χ1n) is 7.27. The van der Waals surface area contributed by atoms with Gasteiger partial charge in [0.25, 0.3) is 5.69 Å². The van der Waals surface area contributed by atoms with Crippen LogP contribution in [0.15, 0.2) is 29.2 Å². The van der Waals surface area contributed by atoms with Gasteiger partial charge in [0.15, 0.2) is 0 Å². The summed E-state index contributed by atoms with van der Waals surface area (Å²) in [5.41, 5.74) is 0.0150. The monoisotopic (exact) mass is 339 g/mol. The van der Waals surface area contributed by atoms with Crippen molar-refractivity contribution in [3.8, 4) is 0 Å². The molecule has 0 aliphatic rings. The molecule has 8 heteroatoms. The van der Waals surface area contributed by atoms with Gasteiger partial charge in [0, 0.05) is 29.6 Å². The first kappa shape index (κ1) is 19.0. The minimum Gasteiger partial charge on any atom is -0.352 e. The normalized spacial score (nSPS) is 10.4. The molecule has 0 unspecified atom stereocenters. The van der Waals surface area contributed by atoms with Gasteiger partial charge in [-0.25, -0.2) is 0 Å². The summed E-state index contributed by atoms with van der Waals surface area (Å²) in [6.45, 7) is 6.03. The second-order valence-electron chi connectivity index (χ2n) is 5.17. The summed E-state index contributed by atoms with van der Waals surface area (Å²) in [5, 5.41) is 13.3. The number of nitrogens with zero attached hydrogens (tertiary/aromatic N) is 2. The van der Waals surface area contributed by atoms with E-state index in [1.807, 2.05) is 20.8 Å². The van der Waals surface area contributed by atoms with Crippen LogP contribution in [0.1, 0.15) is 20.8 Å². The van der Waals surface area contributed by atoms with Gasteiger partial charge in [0.1, 0.15) is 0 Å². The van der Waals surface area contributed by atoms with Crippen molar-refractivity contribution < 1.29 is 14.5 Å². The summed E-state index contributed by atoms with van der Waals surface area (Å²) in [6.07, 6.45) is 0. The van der Waals surface area contributed by atoms with Crippen LogP contribution in [0.25, 0.3) is 0 Å². The smallest absolute Gasteiger partial charge is 0.269 e. The number of hydrogen-bond acceptors (Lipinski definition) is 5. The van der Waals surface area contributed by atoms with Gasteiger partial charge in [0.05, 0.1) is 17.2 Å². The maximum Gasteiger partial charge on any atom is 0.269 e. The van der Waals surface area contributed by atoms with Crippen molar-refractivity contribution in [2.45, 2.75) is 31.7 Å². The van der Waals surface area contributed by atoms with E-state index < -0.39 is 4.92 Å². The summed E-state index contributed by atoms with van der Waals surface area (Å²) in [7, 11) is 0. The van der Waals surface area contributed by atoms with Crippen LogP contribution in [0, 0.1) is 10.1 Å². The average molecular weight is 339 g/mol. The second-order valence-corrected chi connectivity index (χ2v) is 6.22. The zero-order chi connectivity index (χ0) is 17.4. The van der Waals surface area contributed by atoms with E-state index in [1.54, 1.807) is 12.1 Å². The molecule has 2 amide bonds. The second kappa shape index (κ2) is 9.14. The number of non-ortho nitro benzene ring substituents is 1. The number of thioether (sulfide) groups is 1. The van der Waals surface area contributed by atoms with Crippen LogP contribution in [0.3, 0.4) is 0 Å². The molecule has 0 saturated carbocycles. The first-order valence-corrected chi connectivity index (χ1v) is 8.26. The Bertz CT molecular complexity index is 560. The Morgan fingerprint density at radius 1 is 1.30 bits per heavy atom. The molecule has 0 aromatic heterocycles. The molecule has 7 nitrogen and oxygen atoms in total. The molecule has 0 atom stereocenters. The Labute approximate surface area is 139 Å². The quantitative estimate of drug-likeness (QED) is 0.444. The molecule has 0 aliphatic carbocycles. The maximum atomic E-state index is 12.2. The van der Waals surface area contributed by atoms with Crippen molar-refractivity contribution in [3.05, 3.63) is 34.4 Å². The van der Waals surface area contributed by atoms with Gasteiger partial charge in [0.2, 0.25) is 11.8 Å². The lowest BCUT2D eigenvalue weighted by Gasteiger charge is -2.21. The minimum absolute atomic E-state index is 0.0150. The molecule has 0 aliphatic heterocycles. The highest BCUT2D eigenvalue weighted by atomic mass is 32.2. The van der Waals surface area contributed by atoms with Crippen LogP contribution in [0.2, 0.25) is 0 Å². The molecule has 0 spiro atoms. The van der Waals surface area contributed by atoms with Crippen LogP contribution in [0.4, 0.5) is 5.69 Å². The minimum atomic E-state index is -0.467. The van der Waals surface area contributed by atoms with Crippen molar-refractivity contribution in [2.75, 3.05) is 18.8 Å². The van der Waals surface area contributed by atoms with Gasteiger partial charge in [-0.05, 0) is 32.9 Å². The Hall–Kier alpha value is -2.09. The number of carbonyl (C=O) groups is 2. The fourth-order valence-electron chi connectivity index (χ4n) is 1.82. The number of nitro benzene ring substituents is 1. The van der Waals surface area contributed by atoms with Gasteiger partial charge < -0.3 is 10.2 Å². The highest BCUT2D eigenvalue weighted by molar-refractivity contribution is 8.00. The van der Waals surface area contributed by atoms with Gasteiger partial charge >= 0.3 is 0 Å². The fraction of sp³-hybridized carbons (Fsp3) is 0.467. The number of carbonyl (C=O) groups excluding carboxylic acids is 2. The predicted octanol–water partition coefficient (Wildman–Crippen LogP) is 2.06. The Kier molecular flexibility index (Phi) is 7.53. The summed E-state index contributed by atoms with van der Waals surface area (Å²) >= 11 is 1.29. The molecular formula is C15H21N3O4S. The van der Waals surface area contributed by atoms with E-state index in [0.717, 1.165) is 4.90 Å². The average Bonchev–Trinajstić information content (AvgIpc) is 2.49. The lowest BCUT2D eigenvalue weighted by Crippen LogP contribution is -2.43. The largest absolute Gasteiger partial charge is 0.352 e. The topological polar surface area (TPSA) is 92.6 Å². The zero-order valence-corrected chi connectivity index (χ0v) is 14.3. The molecule has 0 saturated heterocycles. The van der Waals surface area contributed by atoms with Crippen LogP contribution < -0.4 is 5.32 Å². The third kappa shape index (κ3) is 6.68. The molecule has 1 N–H and O–H groups in total. The van der Waals surface area contributed by atoms with Crippen LogP contribution in [0.5, 0.6) is 0 Å². The van der Waals surface area contributed by atoms with E-state index in [0.29, 0.717) is 6.54 Å². The number of nitro groups is 1. The number of benzene rings is 1. The molecule has 0 bridgehead atoms. The number of nitrogens with one attached hydrogen (secondary N) is 1. The number of amides is 2. The van der Waals surface area contributed by atoms with Crippen molar-refractivity contribution in [2.24, 2.45) is 0 Å². The summed E-state index contributed by atoms with van der Waals surface area (Å²) in [4.78, 5) is 36.3. The lowest BCUT2D eigenvalue weighted by atomic mass is 10.3. The van der Waals surface area contributed by atoms with E-state index in [9.17, 15) is 19.7 Å². The predicted molar refractivity (Wildman–Crippen MR) is 89.4 cm³/mol. The molecule has 1 aromatic rings. The third-order valence-corrected chi connectivity index (χ3v) is 3.93. The number of hydrogen-bond donors (Lipinski definition) is 1. The van der Waals surface area contributed by atoms with Crippen molar-refractivity contribution in [1.29, 1.82) is 0 Å². The van der Waals surface area contributed by atoms with Crippen molar-refractivity contribution in [3.63, 3.8) is 0 Å². The van der Waals surface area contributed by atoms with Crippen LogP contribution in [-0.2, 0) is 9.59 Å². The van der Waals surface area contributed by atoms with E-state index in [-0.39, 0.29) is 35.8 Å². The molecule has 126 valence electrons. The SMILES string of the molecule is CCN(CC(=O)NC(C)C)C(=O)CSc1ccc([N+](=O)[O-])cc1. The van der Waals surface area contributed by atoms with Crippen LogP contribution >= 0.6 is 11.8 Å². The van der Waals surface area contributed by atoms with Crippen LogP contribution in [-0.4, -0.2) is 46.5 Å². The van der Waals surface area contributed by atoms with E-state index in [1.165, 1.54) is 28.8 Å². The summed E-state index contributed by atoms with van der Waals surface area (Å²) in [5.74, 6) is -0.147. The fourth-order valence-corrected chi connectivity index (χ4v) is 2.62. The van der Waals surface area contributed by atoms with Gasteiger partial charge in [-0.2, -0.15) is 0 Å². The molecule has 0 heterocycles. The van der Waals surface area contributed by atoms with E-state index >= 15 is 0 Å². The molecule has 0 radical (unpaired) electrons. The molecule has 1 aromatic carbocycles. The van der Waals surface area contributed by atoms with E-state index in [4.69, 9.17) is 0 Å². The highest BCUT2D eigenvalue weighted by Crippen LogP contribution is 2.21. The summed E-state index contributed by atoms with van der Waals surface area (Å²) < 4.78 is 0. The van der Waals surface area contributed by atoms with Gasteiger partial charge in [-0.1, -0.05) is 0 Å². The first-order chi connectivity index (χ1) is 10.8. The Morgan fingerprint density at radius 3 is 2.39 bits per heavy atom. The van der Waals surface area contributed by atoms with Gasteiger partial charge in [-0.3, -0.25) is 19.7 Å². The number of rotatable bonds is 8. The maximum absolute atomic E-state index is 12.2. The highest BCUT2D eigenvalue weighted by Gasteiger charge is 2.16.